The SMILES string of the molecule is Cc1cc(Nc2nc(N(C)c3c(F)cc(S(C)(=O)=O)cc3F)nc(-c3cnn(C(F)F)c3)c2C2CC2)n[nH]1. The standard InChI is InChI=1S/C23H22F4N8O2S/c1-11-6-17(33-32-11)29-21-18(12-4-5-12)19(13-9-28-35(10-13)22(26)27)30-23(31-21)34(2)20-15(24)7-14(8-16(20)25)38(3,36)37/h6-10,12,22H,4-5H2,1-3H3,(H2,29,30,31,32,33). The minimum absolute atomic E-state index is 0.0179. The van der Waals surface area contributed by atoms with Crippen LogP contribution in [-0.4, -0.2) is 51.7 Å². The lowest BCUT2D eigenvalue weighted by Crippen LogP contribution is -2.19. The fourth-order valence-electron chi connectivity index (χ4n) is 4.03. The number of hydrogen-bond donors (Lipinski definition) is 2. The second kappa shape index (κ2) is 9.38. The Balaban J connectivity index is 1.68. The Morgan fingerprint density at radius 3 is 2.37 bits per heavy atom. The highest BCUT2D eigenvalue weighted by atomic mass is 32.2. The van der Waals surface area contributed by atoms with Crippen molar-refractivity contribution in [3.8, 4) is 11.3 Å². The first-order chi connectivity index (χ1) is 17.9. The van der Waals surface area contributed by atoms with Crippen molar-refractivity contribution in [2.45, 2.75) is 37.1 Å². The number of aryl methyl sites for hydroxylation is 1. The fraction of sp³-hybridized carbons (Fsp3) is 0.304. The van der Waals surface area contributed by atoms with E-state index in [-0.39, 0.29) is 28.9 Å². The molecule has 5 rings (SSSR count). The average molecular weight is 551 g/mol. The van der Waals surface area contributed by atoms with Crippen molar-refractivity contribution >= 4 is 33.1 Å². The molecule has 0 saturated heterocycles. The molecule has 15 heteroatoms. The second-order valence-corrected chi connectivity index (χ2v) is 11.0. The van der Waals surface area contributed by atoms with Gasteiger partial charge in [-0.1, -0.05) is 0 Å². The number of benzene rings is 1. The van der Waals surface area contributed by atoms with Crippen LogP contribution in [0, 0.1) is 18.6 Å². The smallest absolute Gasteiger partial charge is 0.323 e. The van der Waals surface area contributed by atoms with Crippen LogP contribution in [-0.2, 0) is 9.84 Å². The molecule has 10 nitrogen and oxygen atoms in total. The van der Waals surface area contributed by atoms with E-state index in [4.69, 9.17) is 0 Å². The van der Waals surface area contributed by atoms with Crippen molar-refractivity contribution in [1.29, 1.82) is 0 Å². The zero-order valence-corrected chi connectivity index (χ0v) is 21.2. The Morgan fingerprint density at radius 1 is 1.16 bits per heavy atom. The first kappa shape index (κ1) is 25.6. The number of hydrogen-bond acceptors (Lipinski definition) is 8. The van der Waals surface area contributed by atoms with Crippen molar-refractivity contribution in [3.05, 3.63) is 53.5 Å². The van der Waals surface area contributed by atoms with Gasteiger partial charge in [0.05, 0.1) is 16.8 Å². The van der Waals surface area contributed by atoms with Gasteiger partial charge in [-0.15, -0.1) is 0 Å². The molecule has 1 aliphatic rings. The van der Waals surface area contributed by atoms with Gasteiger partial charge in [-0.2, -0.15) is 24.0 Å². The van der Waals surface area contributed by atoms with E-state index < -0.39 is 38.6 Å². The number of nitrogens with one attached hydrogen (secondary N) is 2. The fourth-order valence-corrected chi connectivity index (χ4v) is 4.66. The number of rotatable bonds is 8. The van der Waals surface area contributed by atoms with Gasteiger partial charge in [-0.05, 0) is 37.8 Å². The normalized spacial score (nSPS) is 13.8. The Morgan fingerprint density at radius 2 is 1.84 bits per heavy atom. The van der Waals surface area contributed by atoms with Gasteiger partial charge in [0.15, 0.2) is 27.3 Å². The topological polar surface area (TPSA) is 122 Å². The number of alkyl halides is 2. The summed E-state index contributed by atoms with van der Waals surface area (Å²) in [6.07, 6.45) is 4.81. The molecule has 2 N–H and O–H groups in total. The summed E-state index contributed by atoms with van der Waals surface area (Å²) in [5.74, 6) is -1.75. The molecule has 1 saturated carbocycles. The molecule has 0 atom stereocenters. The van der Waals surface area contributed by atoms with E-state index in [2.05, 4.69) is 30.6 Å². The molecular formula is C23H22F4N8O2S. The summed E-state index contributed by atoms with van der Waals surface area (Å²) in [5, 5.41) is 13.8. The quantitative estimate of drug-likeness (QED) is 0.299. The van der Waals surface area contributed by atoms with E-state index in [0.29, 0.717) is 28.2 Å². The summed E-state index contributed by atoms with van der Waals surface area (Å²) in [6.45, 7) is -1.08. The number of aromatic amines is 1. The van der Waals surface area contributed by atoms with Gasteiger partial charge in [0.2, 0.25) is 5.95 Å². The van der Waals surface area contributed by atoms with E-state index in [9.17, 15) is 17.2 Å². The summed E-state index contributed by atoms with van der Waals surface area (Å²) < 4.78 is 80.7. The Bertz CT molecular complexity index is 1610. The molecule has 1 fully saturated rings. The largest absolute Gasteiger partial charge is 0.333 e. The zero-order chi connectivity index (χ0) is 27.4. The number of anilines is 4. The maximum atomic E-state index is 15.0. The van der Waals surface area contributed by atoms with Crippen LogP contribution in [0.4, 0.5) is 40.8 Å². The molecule has 3 heterocycles. The molecule has 0 bridgehead atoms. The first-order valence-electron chi connectivity index (χ1n) is 11.4. The van der Waals surface area contributed by atoms with E-state index >= 15 is 8.78 Å². The summed E-state index contributed by atoms with van der Waals surface area (Å²) >= 11 is 0. The van der Waals surface area contributed by atoms with Crippen molar-refractivity contribution in [2.24, 2.45) is 0 Å². The maximum Gasteiger partial charge on any atom is 0.333 e. The summed E-state index contributed by atoms with van der Waals surface area (Å²) in [4.78, 5) is 9.53. The first-order valence-corrected chi connectivity index (χ1v) is 13.3. The monoisotopic (exact) mass is 550 g/mol. The molecule has 38 heavy (non-hydrogen) atoms. The van der Waals surface area contributed by atoms with Crippen LogP contribution in [0.5, 0.6) is 0 Å². The molecule has 0 aliphatic heterocycles. The van der Waals surface area contributed by atoms with E-state index in [1.165, 1.54) is 13.2 Å². The summed E-state index contributed by atoms with van der Waals surface area (Å²) in [5.41, 5.74) is 1.33. The van der Waals surface area contributed by atoms with Gasteiger partial charge in [-0.3, -0.25) is 5.10 Å². The van der Waals surface area contributed by atoms with Gasteiger partial charge in [0.25, 0.3) is 0 Å². The molecule has 0 amide bonds. The molecule has 200 valence electrons. The van der Waals surface area contributed by atoms with Gasteiger partial charge < -0.3 is 10.2 Å². The predicted molar refractivity (Wildman–Crippen MR) is 131 cm³/mol. The lowest BCUT2D eigenvalue weighted by Gasteiger charge is -2.22. The number of halogens is 4. The van der Waals surface area contributed by atoms with Crippen molar-refractivity contribution in [2.75, 3.05) is 23.5 Å². The van der Waals surface area contributed by atoms with Crippen LogP contribution in [0.15, 0.2) is 35.5 Å². The number of nitrogens with zero attached hydrogens (tertiary/aromatic N) is 6. The van der Waals surface area contributed by atoms with Crippen molar-refractivity contribution in [1.82, 2.24) is 29.9 Å². The number of sulfone groups is 1. The molecule has 3 aromatic heterocycles. The predicted octanol–water partition coefficient (Wildman–Crippen LogP) is 4.84. The summed E-state index contributed by atoms with van der Waals surface area (Å²) in [6, 6.07) is 3.14. The average Bonchev–Trinajstić information content (AvgIpc) is 3.39. The van der Waals surface area contributed by atoms with Crippen LogP contribution in [0.2, 0.25) is 0 Å². The Hall–Kier alpha value is -4.01. The van der Waals surface area contributed by atoms with E-state index in [1.807, 2.05) is 0 Å². The van der Waals surface area contributed by atoms with Crippen LogP contribution < -0.4 is 10.2 Å². The van der Waals surface area contributed by atoms with Crippen LogP contribution in [0.3, 0.4) is 0 Å². The van der Waals surface area contributed by atoms with Gasteiger partial charge >= 0.3 is 6.55 Å². The minimum Gasteiger partial charge on any atom is -0.323 e. The van der Waals surface area contributed by atoms with Gasteiger partial charge in [0.1, 0.15) is 11.5 Å². The highest BCUT2D eigenvalue weighted by Crippen LogP contribution is 2.48. The lowest BCUT2D eigenvalue weighted by atomic mass is 10.1. The van der Waals surface area contributed by atoms with Crippen molar-refractivity contribution < 1.29 is 26.0 Å². The van der Waals surface area contributed by atoms with Gasteiger partial charge in [-0.25, -0.2) is 26.9 Å². The summed E-state index contributed by atoms with van der Waals surface area (Å²) in [7, 11) is -2.56. The molecule has 4 aromatic rings. The third-order valence-electron chi connectivity index (χ3n) is 6.00. The highest BCUT2D eigenvalue weighted by Gasteiger charge is 2.33. The van der Waals surface area contributed by atoms with E-state index in [1.54, 1.807) is 13.0 Å². The van der Waals surface area contributed by atoms with Gasteiger partial charge in [0, 0.05) is 42.4 Å². The third-order valence-corrected chi connectivity index (χ3v) is 7.09. The molecular weight excluding hydrogens is 528 g/mol. The third kappa shape index (κ3) is 4.92. The molecule has 0 radical (unpaired) electrons. The zero-order valence-electron chi connectivity index (χ0n) is 20.4. The lowest BCUT2D eigenvalue weighted by molar-refractivity contribution is 0.0566. The van der Waals surface area contributed by atoms with Crippen LogP contribution in [0.1, 0.15) is 36.6 Å². The Kier molecular flexibility index (Phi) is 6.33. The van der Waals surface area contributed by atoms with E-state index in [0.717, 1.165) is 35.9 Å². The number of aromatic nitrogens is 6. The van der Waals surface area contributed by atoms with Crippen LogP contribution in [0.25, 0.3) is 11.3 Å². The Labute approximate surface area is 214 Å². The molecule has 0 spiro atoms. The second-order valence-electron chi connectivity index (χ2n) is 9.02. The maximum absolute atomic E-state index is 15.0. The van der Waals surface area contributed by atoms with Crippen LogP contribution >= 0.6 is 0 Å². The molecule has 1 aliphatic carbocycles. The van der Waals surface area contributed by atoms with Crippen molar-refractivity contribution in [3.63, 3.8) is 0 Å². The molecule has 0 unspecified atom stereocenters. The molecule has 1 aromatic carbocycles. The minimum atomic E-state index is -3.87. The number of H-pyrrole nitrogens is 1. The highest BCUT2D eigenvalue weighted by molar-refractivity contribution is 7.90.